The molecule has 0 saturated carbocycles. The number of aromatic hydroxyl groups is 1. The Balaban J connectivity index is 1.51. The molecule has 1 saturated heterocycles. The SMILES string of the molecule is Cc1ccc(O)c(CN2CCC(CNc3ccccn3)C2)n1. The molecule has 0 aromatic carbocycles. The van der Waals surface area contributed by atoms with Crippen molar-refractivity contribution < 1.29 is 5.11 Å². The first-order valence-electron chi connectivity index (χ1n) is 7.73. The van der Waals surface area contributed by atoms with Crippen molar-refractivity contribution in [3.05, 3.63) is 47.9 Å². The number of pyridine rings is 2. The van der Waals surface area contributed by atoms with Crippen LogP contribution >= 0.6 is 0 Å². The highest BCUT2D eigenvalue weighted by Crippen LogP contribution is 2.22. The van der Waals surface area contributed by atoms with Gasteiger partial charge >= 0.3 is 0 Å². The number of hydrogen-bond donors (Lipinski definition) is 2. The van der Waals surface area contributed by atoms with Gasteiger partial charge in [-0.3, -0.25) is 9.88 Å². The Kier molecular flexibility index (Phi) is 4.53. The zero-order valence-corrected chi connectivity index (χ0v) is 12.9. The summed E-state index contributed by atoms with van der Waals surface area (Å²) >= 11 is 0. The van der Waals surface area contributed by atoms with Crippen LogP contribution in [0.3, 0.4) is 0 Å². The summed E-state index contributed by atoms with van der Waals surface area (Å²) in [6.45, 7) is 5.67. The van der Waals surface area contributed by atoms with Gasteiger partial charge in [-0.1, -0.05) is 6.07 Å². The van der Waals surface area contributed by atoms with Crippen molar-refractivity contribution >= 4 is 5.82 Å². The highest BCUT2D eigenvalue weighted by atomic mass is 16.3. The highest BCUT2D eigenvalue weighted by molar-refractivity contribution is 5.33. The Morgan fingerprint density at radius 2 is 2.23 bits per heavy atom. The Bertz CT molecular complexity index is 617. The maximum atomic E-state index is 9.90. The van der Waals surface area contributed by atoms with Crippen molar-refractivity contribution in [1.29, 1.82) is 0 Å². The van der Waals surface area contributed by atoms with Gasteiger partial charge in [0.2, 0.25) is 0 Å². The van der Waals surface area contributed by atoms with Crippen LogP contribution in [0.1, 0.15) is 17.8 Å². The predicted octanol–water partition coefficient (Wildman–Crippen LogP) is 2.42. The largest absolute Gasteiger partial charge is 0.506 e. The van der Waals surface area contributed by atoms with E-state index in [1.807, 2.05) is 31.2 Å². The summed E-state index contributed by atoms with van der Waals surface area (Å²) in [4.78, 5) is 11.1. The van der Waals surface area contributed by atoms with E-state index in [-0.39, 0.29) is 0 Å². The van der Waals surface area contributed by atoms with Crippen molar-refractivity contribution in [2.45, 2.75) is 19.9 Å². The van der Waals surface area contributed by atoms with E-state index in [0.717, 1.165) is 43.3 Å². The fourth-order valence-corrected chi connectivity index (χ4v) is 2.87. The summed E-state index contributed by atoms with van der Waals surface area (Å²) in [6, 6.07) is 9.46. The van der Waals surface area contributed by atoms with E-state index in [0.29, 0.717) is 18.2 Å². The van der Waals surface area contributed by atoms with E-state index in [4.69, 9.17) is 0 Å². The molecule has 1 aliphatic heterocycles. The van der Waals surface area contributed by atoms with Crippen LogP contribution < -0.4 is 5.32 Å². The number of rotatable bonds is 5. The molecule has 0 bridgehead atoms. The predicted molar refractivity (Wildman–Crippen MR) is 86.7 cm³/mol. The van der Waals surface area contributed by atoms with Gasteiger partial charge in [0.05, 0.1) is 5.69 Å². The molecule has 1 unspecified atom stereocenters. The minimum absolute atomic E-state index is 0.292. The molecular formula is C17H22N4O. The molecule has 116 valence electrons. The van der Waals surface area contributed by atoms with Crippen molar-refractivity contribution in [2.24, 2.45) is 5.92 Å². The summed E-state index contributed by atoms with van der Waals surface area (Å²) in [7, 11) is 0. The van der Waals surface area contributed by atoms with E-state index < -0.39 is 0 Å². The number of hydrogen-bond acceptors (Lipinski definition) is 5. The topological polar surface area (TPSA) is 61.3 Å². The molecule has 1 fully saturated rings. The quantitative estimate of drug-likeness (QED) is 0.887. The molecule has 5 heteroatoms. The third kappa shape index (κ3) is 3.74. The number of aromatic nitrogens is 2. The van der Waals surface area contributed by atoms with Gasteiger partial charge in [-0.25, -0.2) is 4.98 Å². The van der Waals surface area contributed by atoms with Crippen molar-refractivity contribution in [3.63, 3.8) is 0 Å². The molecule has 0 radical (unpaired) electrons. The molecular weight excluding hydrogens is 276 g/mol. The van der Waals surface area contributed by atoms with Crippen LogP contribution in [0.2, 0.25) is 0 Å². The normalized spacial score (nSPS) is 18.5. The Morgan fingerprint density at radius 3 is 3.05 bits per heavy atom. The number of nitrogens with one attached hydrogen (secondary N) is 1. The zero-order chi connectivity index (χ0) is 15.4. The molecule has 1 aliphatic rings. The monoisotopic (exact) mass is 298 g/mol. The fraction of sp³-hybridized carbons (Fsp3) is 0.412. The Labute approximate surface area is 131 Å². The number of anilines is 1. The lowest BCUT2D eigenvalue weighted by molar-refractivity contribution is 0.307. The summed E-state index contributed by atoms with van der Waals surface area (Å²) < 4.78 is 0. The molecule has 3 rings (SSSR count). The summed E-state index contributed by atoms with van der Waals surface area (Å²) in [5.41, 5.74) is 1.72. The second kappa shape index (κ2) is 6.75. The first-order valence-corrected chi connectivity index (χ1v) is 7.73. The van der Waals surface area contributed by atoms with Gasteiger partial charge in [0.25, 0.3) is 0 Å². The highest BCUT2D eigenvalue weighted by Gasteiger charge is 2.23. The third-order valence-electron chi connectivity index (χ3n) is 4.07. The maximum absolute atomic E-state index is 9.90. The standard InChI is InChI=1S/C17H22N4O/c1-13-5-6-16(22)15(20-13)12-21-9-7-14(11-21)10-19-17-4-2-3-8-18-17/h2-6,8,14,22H,7,9-12H2,1H3,(H,18,19). The van der Waals surface area contributed by atoms with Gasteiger partial charge in [0.1, 0.15) is 11.6 Å². The molecule has 2 aromatic heterocycles. The van der Waals surface area contributed by atoms with E-state index in [9.17, 15) is 5.11 Å². The van der Waals surface area contributed by atoms with Crippen LogP contribution in [0.15, 0.2) is 36.5 Å². The van der Waals surface area contributed by atoms with Gasteiger partial charge < -0.3 is 10.4 Å². The van der Waals surface area contributed by atoms with Gasteiger partial charge in [-0.2, -0.15) is 0 Å². The molecule has 5 nitrogen and oxygen atoms in total. The minimum atomic E-state index is 0.292. The second-order valence-corrected chi connectivity index (χ2v) is 5.90. The molecule has 22 heavy (non-hydrogen) atoms. The average Bonchev–Trinajstić information content (AvgIpc) is 2.98. The summed E-state index contributed by atoms with van der Waals surface area (Å²) in [6.07, 6.45) is 2.96. The average molecular weight is 298 g/mol. The zero-order valence-electron chi connectivity index (χ0n) is 12.9. The van der Waals surface area contributed by atoms with Crippen LogP contribution in [0.4, 0.5) is 5.82 Å². The van der Waals surface area contributed by atoms with Crippen LogP contribution in [0.5, 0.6) is 5.75 Å². The van der Waals surface area contributed by atoms with Gasteiger partial charge in [-0.15, -0.1) is 0 Å². The Morgan fingerprint density at radius 1 is 1.32 bits per heavy atom. The second-order valence-electron chi connectivity index (χ2n) is 5.90. The van der Waals surface area contributed by atoms with E-state index in [1.54, 1.807) is 12.3 Å². The molecule has 0 aliphatic carbocycles. The molecule has 2 aromatic rings. The smallest absolute Gasteiger partial charge is 0.138 e. The maximum Gasteiger partial charge on any atom is 0.138 e. The summed E-state index contributed by atoms with van der Waals surface area (Å²) in [5, 5.41) is 13.3. The van der Waals surface area contributed by atoms with Crippen LogP contribution in [-0.2, 0) is 6.54 Å². The molecule has 2 N–H and O–H groups in total. The van der Waals surface area contributed by atoms with E-state index >= 15 is 0 Å². The molecule has 1 atom stereocenters. The Hall–Kier alpha value is -2.14. The van der Waals surface area contributed by atoms with E-state index in [1.165, 1.54) is 0 Å². The minimum Gasteiger partial charge on any atom is -0.506 e. The number of aryl methyl sites for hydroxylation is 1. The van der Waals surface area contributed by atoms with Crippen molar-refractivity contribution in [2.75, 3.05) is 25.0 Å². The summed E-state index contributed by atoms with van der Waals surface area (Å²) in [5.74, 6) is 1.83. The van der Waals surface area contributed by atoms with Crippen LogP contribution in [0, 0.1) is 12.8 Å². The van der Waals surface area contributed by atoms with Crippen LogP contribution in [-0.4, -0.2) is 39.6 Å². The fourth-order valence-electron chi connectivity index (χ4n) is 2.87. The number of nitrogens with zero attached hydrogens (tertiary/aromatic N) is 3. The molecule has 3 heterocycles. The molecule has 0 spiro atoms. The van der Waals surface area contributed by atoms with E-state index in [2.05, 4.69) is 20.2 Å². The third-order valence-corrected chi connectivity index (χ3v) is 4.07. The first kappa shape index (κ1) is 14.8. The molecule has 0 amide bonds. The lowest BCUT2D eigenvalue weighted by Gasteiger charge is -2.17. The lowest BCUT2D eigenvalue weighted by Crippen LogP contribution is -2.23. The van der Waals surface area contributed by atoms with Gasteiger partial charge in [-0.05, 0) is 50.1 Å². The van der Waals surface area contributed by atoms with Gasteiger partial charge in [0, 0.05) is 31.5 Å². The number of likely N-dealkylation sites (tertiary alicyclic amines) is 1. The lowest BCUT2D eigenvalue weighted by atomic mass is 10.1. The van der Waals surface area contributed by atoms with Crippen molar-refractivity contribution in [1.82, 2.24) is 14.9 Å². The van der Waals surface area contributed by atoms with Crippen LogP contribution in [0.25, 0.3) is 0 Å². The van der Waals surface area contributed by atoms with Gasteiger partial charge in [0.15, 0.2) is 0 Å². The first-order chi connectivity index (χ1) is 10.7. The van der Waals surface area contributed by atoms with Crippen molar-refractivity contribution in [3.8, 4) is 5.75 Å².